The molecular weight excluding hydrogens is 150 g/mol. The van der Waals surface area contributed by atoms with Gasteiger partial charge < -0.3 is 5.32 Å². The van der Waals surface area contributed by atoms with E-state index in [0.717, 1.165) is 0 Å². The molecule has 0 bridgehead atoms. The van der Waals surface area contributed by atoms with Crippen LogP contribution in [0, 0.1) is 0 Å². The highest BCUT2D eigenvalue weighted by Gasteiger charge is 2.10. The molecule has 0 spiro atoms. The van der Waals surface area contributed by atoms with Gasteiger partial charge in [-0.1, -0.05) is 12.2 Å². The molecule has 0 saturated carbocycles. The highest BCUT2D eigenvalue weighted by atomic mass is 32.1. The molecule has 1 heterocycles. The van der Waals surface area contributed by atoms with Crippen molar-refractivity contribution in [3.05, 3.63) is 17.7 Å². The first-order valence-electron chi connectivity index (χ1n) is 2.52. The maximum atomic E-state index is 10.5. The Morgan fingerprint density at radius 3 is 2.70 bits per heavy atom. The second-order valence-corrected chi connectivity index (χ2v) is 2.08. The fourth-order valence-corrected chi connectivity index (χ4v) is 0.746. The van der Waals surface area contributed by atoms with Crippen LogP contribution in [0.1, 0.15) is 0 Å². The van der Waals surface area contributed by atoms with Crippen molar-refractivity contribution in [1.82, 2.24) is 5.32 Å². The van der Waals surface area contributed by atoms with Gasteiger partial charge in [-0.2, -0.15) is 0 Å². The van der Waals surface area contributed by atoms with Crippen molar-refractivity contribution in [2.75, 3.05) is 0 Å². The smallest absolute Gasteiger partial charge is 0.249 e. The van der Waals surface area contributed by atoms with Crippen LogP contribution < -0.4 is 5.32 Å². The molecular formula is C6H3NO2S. The molecule has 0 aromatic rings. The van der Waals surface area contributed by atoms with E-state index in [1.165, 1.54) is 12.2 Å². The van der Waals surface area contributed by atoms with E-state index < -0.39 is 0 Å². The van der Waals surface area contributed by atoms with Crippen LogP contribution in [0.15, 0.2) is 17.7 Å². The summed E-state index contributed by atoms with van der Waals surface area (Å²) in [6.07, 6.45) is 2.57. The number of amides is 1. The minimum Gasteiger partial charge on any atom is -0.312 e. The van der Waals surface area contributed by atoms with Crippen LogP contribution in [-0.2, 0) is 9.59 Å². The molecule has 4 heteroatoms. The summed E-state index contributed by atoms with van der Waals surface area (Å²) in [6, 6.07) is 0. The van der Waals surface area contributed by atoms with Crippen molar-refractivity contribution in [2.45, 2.75) is 0 Å². The standard InChI is InChI=1S/C6H3NO2S/c8-3-4-1-2-5(9)7-6(4)10/h1-2H,(H,7,9,10). The summed E-state index contributed by atoms with van der Waals surface area (Å²) in [5, 5.41) is 2.29. The van der Waals surface area contributed by atoms with Gasteiger partial charge >= 0.3 is 0 Å². The van der Waals surface area contributed by atoms with Crippen molar-refractivity contribution in [3.8, 4) is 0 Å². The summed E-state index contributed by atoms with van der Waals surface area (Å²) in [6.45, 7) is 0. The Labute approximate surface area is 62.4 Å². The molecule has 1 aliphatic rings. The number of carbonyl (C=O) groups excluding carboxylic acids is 2. The number of hydrogen-bond donors (Lipinski definition) is 1. The molecule has 0 saturated heterocycles. The first-order chi connectivity index (χ1) is 4.74. The summed E-state index contributed by atoms with van der Waals surface area (Å²) in [5.41, 5.74) is 0.217. The van der Waals surface area contributed by atoms with Gasteiger partial charge in [0, 0.05) is 6.08 Å². The van der Waals surface area contributed by atoms with E-state index >= 15 is 0 Å². The van der Waals surface area contributed by atoms with Crippen LogP contribution >= 0.6 is 12.2 Å². The summed E-state index contributed by atoms with van der Waals surface area (Å²) in [7, 11) is 0. The largest absolute Gasteiger partial charge is 0.312 e. The lowest BCUT2D eigenvalue weighted by Gasteiger charge is -2.05. The number of nitrogens with one attached hydrogen (secondary N) is 1. The Bertz CT molecular complexity index is 273. The number of carbonyl (C=O) groups is 1. The predicted molar refractivity (Wildman–Crippen MR) is 39.1 cm³/mol. The van der Waals surface area contributed by atoms with Gasteiger partial charge in [-0.25, -0.2) is 4.79 Å². The third-order valence-electron chi connectivity index (χ3n) is 0.993. The zero-order valence-corrected chi connectivity index (χ0v) is 5.70. The topological polar surface area (TPSA) is 46.2 Å². The summed E-state index contributed by atoms with van der Waals surface area (Å²) in [4.78, 5) is 20.7. The third-order valence-corrected chi connectivity index (χ3v) is 1.31. The van der Waals surface area contributed by atoms with E-state index in [1.54, 1.807) is 5.94 Å². The molecule has 0 atom stereocenters. The van der Waals surface area contributed by atoms with Gasteiger partial charge in [0.15, 0.2) is 0 Å². The predicted octanol–water partition coefficient (Wildman–Crippen LogP) is -0.242. The average molecular weight is 153 g/mol. The van der Waals surface area contributed by atoms with Gasteiger partial charge in [-0.05, 0) is 6.08 Å². The molecule has 1 amide bonds. The van der Waals surface area contributed by atoms with Gasteiger partial charge in [0.25, 0.3) is 0 Å². The Balaban J connectivity index is 3.04. The molecule has 0 fully saturated rings. The molecule has 0 unspecified atom stereocenters. The second kappa shape index (κ2) is 2.56. The molecule has 10 heavy (non-hydrogen) atoms. The number of hydrogen-bond acceptors (Lipinski definition) is 3. The van der Waals surface area contributed by atoms with E-state index in [2.05, 4.69) is 17.5 Å². The molecule has 3 nitrogen and oxygen atoms in total. The van der Waals surface area contributed by atoms with Crippen LogP contribution in [0.3, 0.4) is 0 Å². The van der Waals surface area contributed by atoms with Gasteiger partial charge in [0.2, 0.25) is 5.91 Å². The van der Waals surface area contributed by atoms with Gasteiger partial charge in [0.1, 0.15) is 10.9 Å². The average Bonchev–Trinajstić information content (AvgIpc) is 1.88. The van der Waals surface area contributed by atoms with E-state index in [1.807, 2.05) is 0 Å². The van der Waals surface area contributed by atoms with Gasteiger partial charge in [-0.15, -0.1) is 0 Å². The fraction of sp³-hybridized carbons (Fsp3) is 0. The zero-order valence-electron chi connectivity index (χ0n) is 4.88. The fourth-order valence-electron chi connectivity index (χ4n) is 0.536. The zero-order chi connectivity index (χ0) is 7.56. The highest BCUT2D eigenvalue weighted by Crippen LogP contribution is 1.98. The molecule has 0 radical (unpaired) electrons. The molecule has 1 rings (SSSR count). The first kappa shape index (κ1) is 6.86. The highest BCUT2D eigenvalue weighted by molar-refractivity contribution is 7.80. The van der Waals surface area contributed by atoms with Crippen molar-refractivity contribution >= 4 is 29.1 Å². The van der Waals surface area contributed by atoms with Gasteiger partial charge in [0.05, 0.1) is 5.57 Å². The van der Waals surface area contributed by atoms with Crippen LogP contribution in [0.2, 0.25) is 0 Å². The first-order valence-corrected chi connectivity index (χ1v) is 2.93. The molecule has 0 aliphatic carbocycles. The Kier molecular flexibility index (Phi) is 1.76. The Morgan fingerprint density at radius 1 is 1.50 bits per heavy atom. The monoisotopic (exact) mass is 153 g/mol. The summed E-state index contributed by atoms with van der Waals surface area (Å²) in [5.74, 6) is 1.30. The van der Waals surface area contributed by atoms with Crippen LogP contribution in [-0.4, -0.2) is 16.8 Å². The van der Waals surface area contributed by atoms with E-state index in [4.69, 9.17) is 0 Å². The van der Waals surface area contributed by atoms with Crippen molar-refractivity contribution in [2.24, 2.45) is 0 Å². The van der Waals surface area contributed by atoms with Gasteiger partial charge in [-0.3, -0.25) is 4.79 Å². The minimum absolute atomic E-state index is 0.141. The lowest BCUT2D eigenvalue weighted by molar-refractivity contribution is -0.115. The Hall–Kier alpha value is -1.25. The van der Waals surface area contributed by atoms with Crippen molar-refractivity contribution < 1.29 is 9.59 Å². The minimum atomic E-state index is -0.302. The van der Waals surface area contributed by atoms with Crippen molar-refractivity contribution in [3.63, 3.8) is 0 Å². The van der Waals surface area contributed by atoms with E-state index in [-0.39, 0.29) is 16.5 Å². The maximum Gasteiger partial charge on any atom is 0.249 e. The van der Waals surface area contributed by atoms with Crippen LogP contribution in [0.4, 0.5) is 0 Å². The molecule has 1 aliphatic heterocycles. The quantitative estimate of drug-likeness (QED) is 0.297. The number of rotatable bonds is 0. The SMILES string of the molecule is O=C=C1C=CC(=O)NC1=S. The summed E-state index contributed by atoms with van der Waals surface area (Å²) < 4.78 is 0. The normalized spacial score (nSPS) is 16.6. The van der Waals surface area contributed by atoms with E-state index in [9.17, 15) is 9.59 Å². The molecule has 50 valence electrons. The maximum absolute atomic E-state index is 10.5. The summed E-state index contributed by atoms with van der Waals surface area (Å²) >= 11 is 4.62. The lowest BCUT2D eigenvalue weighted by Crippen LogP contribution is -2.31. The third kappa shape index (κ3) is 1.18. The molecule has 0 aromatic carbocycles. The lowest BCUT2D eigenvalue weighted by atomic mass is 10.2. The number of thiocarbonyl (C=S) groups is 1. The second-order valence-electron chi connectivity index (χ2n) is 1.67. The van der Waals surface area contributed by atoms with Crippen molar-refractivity contribution in [1.29, 1.82) is 0 Å². The Morgan fingerprint density at radius 2 is 2.20 bits per heavy atom. The van der Waals surface area contributed by atoms with E-state index in [0.29, 0.717) is 0 Å². The molecule has 0 aromatic heterocycles. The van der Waals surface area contributed by atoms with Crippen LogP contribution in [0.5, 0.6) is 0 Å². The molecule has 1 N–H and O–H groups in total. The van der Waals surface area contributed by atoms with Crippen LogP contribution in [0.25, 0.3) is 0 Å².